The predicted octanol–water partition coefficient (Wildman–Crippen LogP) is 5.37. The summed E-state index contributed by atoms with van der Waals surface area (Å²) in [5.41, 5.74) is 1.54. The van der Waals surface area contributed by atoms with E-state index in [1.165, 1.54) is 23.1 Å². The Kier molecular flexibility index (Phi) is 5.80. The summed E-state index contributed by atoms with van der Waals surface area (Å²) >= 11 is 0. The molecule has 7 nitrogen and oxygen atoms in total. The van der Waals surface area contributed by atoms with Gasteiger partial charge in [-0.3, -0.25) is 4.79 Å². The number of amides is 3. The average molecular weight is 482 g/mol. The van der Waals surface area contributed by atoms with Gasteiger partial charge < -0.3 is 20.3 Å². The number of rotatable bonds is 3. The summed E-state index contributed by atoms with van der Waals surface area (Å²) in [5, 5.41) is 5.14. The number of carbonyl (C=O) groups excluding carboxylic acids is 2. The van der Waals surface area contributed by atoms with Crippen molar-refractivity contribution in [1.82, 2.24) is 9.88 Å². The number of alkyl halides is 3. The second-order valence-corrected chi connectivity index (χ2v) is 8.36. The molecule has 0 saturated carbocycles. The van der Waals surface area contributed by atoms with Gasteiger partial charge in [-0.05, 0) is 54.3 Å². The summed E-state index contributed by atoms with van der Waals surface area (Å²) in [6, 6.07) is 11.6. The lowest BCUT2D eigenvalue weighted by molar-refractivity contribution is -0.136. The molecule has 2 aromatic carbocycles. The number of halogens is 3. The van der Waals surface area contributed by atoms with E-state index in [0.717, 1.165) is 22.8 Å². The number of pyridine rings is 1. The summed E-state index contributed by atoms with van der Waals surface area (Å²) in [6.45, 7) is 0.613. The van der Waals surface area contributed by atoms with Crippen molar-refractivity contribution in [1.29, 1.82) is 0 Å². The minimum atomic E-state index is -4.57. The summed E-state index contributed by atoms with van der Waals surface area (Å²) in [5.74, 6) is 1.54. The number of urea groups is 1. The quantitative estimate of drug-likeness (QED) is 0.526. The molecule has 2 aliphatic rings. The van der Waals surface area contributed by atoms with Gasteiger partial charge in [0.1, 0.15) is 17.3 Å². The molecule has 0 spiro atoms. The Balaban J connectivity index is 1.32. The number of anilines is 2. The molecule has 0 saturated heterocycles. The molecule has 35 heavy (non-hydrogen) atoms. The first-order valence-corrected chi connectivity index (χ1v) is 11.1. The first-order valence-electron chi connectivity index (χ1n) is 11.1. The summed E-state index contributed by atoms with van der Waals surface area (Å²) in [4.78, 5) is 30.1. The maximum Gasteiger partial charge on any atom is 0.418 e. The molecular weight excluding hydrogens is 461 g/mol. The van der Waals surface area contributed by atoms with Gasteiger partial charge in [-0.1, -0.05) is 18.2 Å². The number of fused-ring (bicyclic) bond motifs is 2. The van der Waals surface area contributed by atoms with E-state index in [1.54, 1.807) is 12.3 Å². The molecule has 10 heteroatoms. The minimum absolute atomic E-state index is 0.0906. The molecule has 0 aliphatic carbocycles. The van der Waals surface area contributed by atoms with Crippen LogP contribution in [-0.2, 0) is 30.4 Å². The maximum absolute atomic E-state index is 13.3. The van der Waals surface area contributed by atoms with Crippen LogP contribution in [0.4, 0.5) is 29.5 Å². The first-order chi connectivity index (χ1) is 16.8. The third-order valence-corrected chi connectivity index (χ3v) is 6.05. The zero-order valence-corrected chi connectivity index (χ0v) is 18.5. The lowest BCUT2D eigenvalue weighted by Crippen LogP contribution is -2.39. The molecule has 3 heterocycles. The molecule has 0 unspecified atom stereocenters. The Morgan fingerprint density at radius 1 is 1.06 bits per heavy atom. The van der Waals surface area contributed by atoms with Crippen LogP contribution in [0.1, 0.15) is 28.7 Å². The number of benzene rings is 2. The molecule has 0 bridgehead atoms. The third kappa shape index (κ3) is 4.77. The van der Waals surface area contributed by atoms with Gasteiger partial charge in [0.25, 0.3) is 0 Å². The Morgan fingerprint density at radius 2 is 1.89 bits per heavy atom. The SMILES string of the molecule is O=C1CCc2c(Oc3ccc4c(c3)CN(C(=O)Nc3ccccc3C(F)(F)F)CC4)ccnc2N1. The Hall–Kier alpha value is -4.08. The fourth-order valence-corrected chi connectivity index (χ4v) is 4.28. The van der Waals surface area contributed by atoms with E-state index in [9.17, 15) is 22.8 Å². The molecule has 180 valence electrons. The Bertz CT molecular complexity index is 1310. The van der Waals surface area contributed by atoms with Crippen LogP contribution in [0.15, 0.2) is 54.7 Å². The standard InChI is InChI=1S/C25H21F3N4O3/c26-25(27,28)19-3-1-2-4-20(19)30-24(34)32-12-10-15-5-6-17(13-16(15)14-32)35-21-9-11-29-23-18(21)7-8-22(33)31-23/h1-6,9,11,13H,7-8,10,12,14H2,(H,30,34)(H,29,31,33). The van der Waals surface area contributed by atoms with Gasteiger partial charge in [-0.2, -0.15) is 13.2 Å². The zero-order chi connectivity index (χ0) is 24.6. The normalized spacial score (nSPS) is 15.1. The van der Waals surface area contributed by atoms with Crippen LogP contribution in [0.25, 0.3) is 0 Å². The molecule has 1 aromatic heterocycles. The summed E-state index contributed by atoms with van der Waals surface area (Å²) < 4.78 is 45.9. The van der Waals surface area contributed by atoms with E-state index < -0.39 is 17.8 Å². The molecule has 0 radical (unpaired) electrons. The van der Waals surface area contributed by atoms with Gasteiger partial charge in [0, 0.05) is 31.3 Å². The highest BCUT2D eigenvalue weighted by Crippen LogP contribution is 2.36. The van der Waals surface area contributed by atoms with Gasteiger partial charge in [-0.25, -0.2) is 9.78 Å². The topological polar surface area (TPSA) is 83.6 Å². The molecule has 2 N–H and O–H groups in total. The van der Waals surface area contributed by atoms with Crippen molar-refractivity contribution in [2.24, 2.45) is 0 Å². The second-order valence-electron chi connectivity index (χ2n) is 8.36. The number of ether oxygens (including phenoxy) is 1. The van der Waals surface area contributed by atoms with Crippen molar-refractivity contribution in [2.45, 2.75) is 32.0 Å². The molecular formula is C25H21F3N4O3. The fraction of sp³-hybridized carbons (Fsp3) is 0.240. The van der Waals surface area contributed by atoms with Crippen LogP contribution in [0.5, 0.6) is 11.5 Å². The summed E-state index contributed by atoms with van der Waals surface area (Å²) in [7, 11) is 0. The van der Waals surface area contributed by atoms with Gasteiger partial charge in [0.05, 0.1) is 11.3 Å². The molecule has 3 aromatic rings. The third-order valence-electron chi connectivity index (χ3n) is 6.05. The average Bonchev–Trinajstić information content (AvgIpc) is 2.83. The van der Waals surface area contributed by atoms with Crippen molar-refractivity contribution in [3.8, 4) is 11.5 Å². The van der Waals surface area contributed by atoms with E-state index in [1.807, 2.05) is 18.2 Å². The van der Waals surface area contributed by atoms with Crippen molar-refractivity contribution >= 4 is 23.4 Å². The minimum Gasteiger partial charge on any atom is -0.457 e. The number of para-hydroxylation sites is 1. The van der Waals surface area contributed by atoms with E-state index in [4.69, 9.17) is 4.74 Å². The predicted molar refractivity (Wildman–Crippen MR) is 122 cm³/mol. The van der Waals surface area contributed by atoms with Crippen LogP contribution in [0.2, 0.25) is 0 Å². The van der Waals surface area contributed by atoms with E-state index >= 15 is 0 Å². The van der Waals surface area contributed by atoms with E-state index in [-0.39, 0.29) is 18.1 Å². The van der Waals surface area contributed by atoms with Gasteiger partial charge in [0.2, 0.25) is 5.91 Å². The van der Waals surface area contributed by atoms with Crippen molar-refractivity contribution in [3.63, 3.8) is 0 Å². The maximum atomic E-state index is 13.3. The highest BCUT2D eigenvalue weighted by Gasteiger charge is 2.34. The lowest BCUT2D eigenvalue weighted by atomic mass is 9.99. The van der Waals surface area contributed by atoms with E-state index in [0.29, 0.717) is 43.1 Å². The number of carbonyl (C=O) groups is 2. The number of aromatic nitrogens is 1. The monoisotopic (exact) mass is 482 g/mol. The van der Waals surface area contributed by atoms with Crippen molar-refractivity contribution in [2.75, 3.05) is 17.2 Å². The fourth-order valence-electron chi connectivity index (χ4n) is 4.28. The highest BCUT2D eigenvalue weighted by molar-refractivity contribution is 5.93. The Morgan fingerprint density at radius 3 is 2.71 bits per heavy atom. The number of hydrogen-bond donors (Lipinski definition) is 2. The van der Waals surface area contributed by atoms with E-state index in [2.05, 4.69) is 15.6 Å². The molecule has 3 amide bonds. The smallest absolute Gasteiger partial charge is 0.418 e. The number of nitrogens with zero attached hydrogens (tertiary/aromatic N) is 2. The Labute approximate surface area is 198 Å². The van der Waals surface area contributed by atoms with Crippen molar-refractivity contribution < 1.29 is 27.5 Å². The van der Waals surface area contributed by atoms with Gasteiger partial charge >= 0.3 is 12.2 Å². The lowest BCUT2D eigenvalue weighted by Gasteiger charge is -2.29. The molecule has 0 atom stereocenters. The number of nitrogens with one attached hydrogen (secondary N) is 2. The molecule has 2 aliphatic heterocycles. The largest absolute Gasteiger partial charge is 0.457 e. The first kappa shape index (κ1) is 22.7. The number of hydrogen-bond acceptors (Lipinski definition) is 4. The zero-order valence-electron chi connectivity index (χ0n) is 18.5. The molecule has 0 fully saturated rings. The van der Waals surface area contributed by atoms with Gasteiger partial charge in [0.15, 0.2) is 0 Å². The van der Waals surface area contributed by atoms with Crippen molar-refractivity contribution in [3.05, 3.63) is 77.0 Å². The van der Waals surface area contributed by atoms with Crippen LogP contribution in [-0.4, -0.2) is 28.4 Å². The molecule has 5 rings (SSSR count). The van der Waals surface area contributed by atoms with Crippen LogP contribution >= 0.6 is 0 Å². The summed E-state index contributed by atoms with van der Waals surface area (Å²) in [6.07, 6.45) is -1.58. The van der Waals surface area contributed by atoms with Crippen LogP contribution < -0.4 is 15.4 Å². The van der Waals surface area contributed by atoms with Gasteiger partial charge in [-0.15, -0.1) is 0 Å². The van der Waals surface area contributed by atoms with Crippen LogP contribution in [0.3, 0.4) is 0 Å². The highest BCUT2D eigenvalue weighted by atomic mass is 19.4. The van der Waals surface area contributed by atoms with Crippen LogP contribution in [0, 0.1) is 0 Å². The second kappa shape index (κ2) is 8.94.